The van der Waals surface area contributed by atoms with E-state index in [0.717, 1.165) is 24.7 Å². The predicted octanol–water partition coefficient (Wildman–Crippen LogP) is 4.03. The molecule has 1 saturated heterocycles. The molecule has 200 valence electrons. The molecule has 2 aliphatic rings. The van der Waals surface area contributed by atoms with Crippen LogP contribution in [0.2, 0.25) is 0 Å². The van der Waals surface area contributed by atoms with E-state index in [1.165, 1.54) is 12.1 Å². The quantitative estimate of drug-likeness (QED) is 0.448. The van der Waals surface area contributed by atoms with Gasteiger partial charge >= 0.3 is 5.97 Å². The SMILES string of the molecule is C/C(=C\c1cc(F)cc(N2CC[C@H](NS(C)(=O)=O)C2)c1)[C@H]1OC(=O)C[C@H](O)CC[C@@H](C)C/C=C/[C@@H]1C. The van der Waals surface area contributed by atoms with Gasteiger partial charge in [0.2, 0.25) is 10.0 Å². The van der Waals surface area contributed by atoms with E-state index in [4.69, 9.17) is 4.74 Å². The fourth-order valence-electron chi connectivity index (χ4n) is 4.92. The Morgan fingerprint density at radius 3 is 2.69 bits per heavy atom. The van der Waals surface area contributed by atoms with Gasteiger partial charge in [0.1, 0.15) is 11.9 Å². The van der Waals surface area contributed by atoms with Crippen LogP contribution in [0.15, 0.2) is 35.9 Å². The topological polar surface area (TPSA) is 95.9 Å². The second kappa shape index (κ2) is 12.3. The normalized spacial score (nSPS) is 29.8. The van der Waals surface area contributed by atoms with Crippen LogP contribution in [0, 0.1) is 17.7 Å². The molecule has 3 rings (SSSR count). The lowest BCUT2D eigenvalue weighted by molar-refractivity contribution is -0.151. The molecule has 2 aliphatic heterocycles. The van der Waals surface area contributed by atoms with Gasteiger partial charge in [-0.05, 0) is 67.9 Å². The first-order valence-electron chi connectivity index (χ1n) is 12.6. The highest BCUT2D eigenvalue weighted by atomic mass is 32.2. The van der Waals surface area contributed by atoms with Gasteiger partial charge < -0.3 is 14.7 Å². The first-order chi connectivity index (χ1) is 16.9. The Bertz CT molecular complexity index is 1090. The summed E-state index contributed by atoms with van der Waals surface area (Å²) in [6.45, 7) is 7.05. The van der Waals surface area contributed by atoms with E-state index in [2.05, 4.69) is 23.8 Å². The Labute approximate surface area is 214 Å². The predicted molar refractivity (Wildman–Crippen MR) is 140 cm³/mol. The minimum atomic E-state index is -3.31. The molecule has 1 fully saturated rings. The number of sulfonamides is 1. The molecule has 2 N–H and O–H groups in total. The van der Waals surface area contributed by atoms with Crippen LogP contribution in [-0.2, 0) is 19.6 Å². The Morgan fingerprint density at radius 2 is 1.97 bits per heavy atom. The van der Waals surface area contributed by atoms with Crippen molar-refractivity contribution in [2.24, 2.45) is 11.8 Å². The molecular weight excluding hydrogens is 483 g/mol. The average Bonchev–Trinajstić information content (AvgIpc) is 3.21. The molecule has 36 heavy (non-hydrogen) atoms. The zero-order valence-electron chi connectivity index (χ0n) is 21.6. The van der Waals surface area contributed by atoms with Crippen LogP contribution in [-0.4, -0.2) is 57.1 Å². The lowest BCUT2D eigenvalue weighted by atomic mass is 9.93. The summed E-state index contributed by atoms with van der Waals surface area (Å²) >= 11 is 0. The number of anilines is 1. The molecule has 0 aliphatic carbocycles. The summed E-state index contributed by atoms with van der Waals surface area (Å²) in [5, 5.41) is 10.2. The van der Waals surface area contributed by atoms with Crippen molar-refractivity contribution in [2.75, 3.05) is 24.2 Å². The molecule has 0 radical (unpaired) electrons. The van der Waals surface area contributed by atoms with Crippen LogP contribution in [0.5, 0.6) is 0 Å². The second-order valence-corrected chi connectivity index (χ2v) is 12.2. The molecule has 5 atom stereocenters. The van der Waals surface area contributed by atoms with Crippen molar-refractivity contribution in [3.8, 4) is 0 Å². The van der Waals surface area contributed by atoms with Gasteiger partial charge in [-0.25, -0.2) is 17.5 Å². The van der Waals surface area contributed by atoms with E-state index in [-0.39, 0.29) is 18.4 Å². The molecule has 1 aromatic rings. The number of esters is 1. The molecule has 7 nitrogen and oxygen atoms in total. The summed E-state index contributed by atoms with van der Waals surface area (Å²) in [6.07, 6.45) is 8.73. The Morgan fingerprint density at radius 1 is 1.22 bits per heavy atom. The van der Waals surface area contributed by atoms with Crippen LogP contribution >= 0.6 is 0 Å². The maximum absolute atomic E-state index is 14.6. The smallest absolute Gasteiger partial charge is 0.309 e. The molecule has 0 unspecified atom stereocenters. The van der Waals surface area contributed by atoms with Gasteiger partial charge in [0.05, 0.1) is 18.8 Å². The molecule has 0 saturated carbocycles. The van der Waals surface area contributed by atoms with E-state index in [0.29, 0.717) is 43.1 Å². The van der Waals surface area contributed by atoms with Crippen molar-refractivity contribution < 1.29 is 27.4 Å². The summed E-state index contributed by atoms with van der Waals surface area (Å²) in [4.78, 5) is 14.5. The number of allylic oxidation sites excluding steroid dienone is 1. The molecule has 0 bridgehead atoms. The van der Waals surface area contributed by atoms with Gasteiger partial charge in [0.15, 0.2) is 0 Å². The molecule has 0 amide bonds. The summed E-state index contributed by atoms with van der Waals surface area (Å²) in [6, 6.07) is 4.52. The number of aliphatic hydroxyl groups is 1. The van der Waals surface area contributed by atoms with Gasteiger partial charge in [-0.3, -0.25) is 4.79 Å². The Kier molecular flexibility index (Phi) is 9.72. The molecule has 0 aromatic heterocycles. The average molecular weight is 523 g/mol. The fourth-order valence-corrected chi connectivity index (χ4v) is 5.72. The zero-order valence-corrected chi connectivity index (χ0v) is 22.4. The maximum atomic E-state index is 14.6. The van der Waals surface area contributed by atoms with E-state index < -0.39 is 34.0 Å². The van der Waals surface area contributed by atoms with Gasteiger partial charge in [0, 0.05) is 30.7 Å². The Hall–Kier alpha value is -2.23. The highest BCUT2D eigenvalue weighted by Gasteiger charge is 2.26. The van der Waals surface area contributed by atoms with Crippen LogP contribution in [0.4, 0.5) is 10.1 Å². The van der Waals surface area contributed by atoms with Crippen molar-refractivity contribution in [3.05, 3.63) is 47.3 Å². The lowest BCUT2D eigenvalue weighted by Crippen LogP contribution is -2.36. The number of nitrogens with one attached hydrogen (secondary N) is 1. The van der Waals surface area contributed by atoms with Crippen molar-refractivity contribution in [3.63, 3.8) is 0 Å². The van der Waals surface area contributed by atoms with Crippen molar-refractivity contribution in [1.29, 1.82) is 0 Å². The summed E-state index contributed by atoms with van der Waals surface area (Å²) in [5.41, 5.74) is 2.08. The first kappa shape index (κ1) is 28.3. The summed E-state index contributed by atoms with van der Waals surface area (Å²) < 4.78 is 46.1. The molecular formula is C27H39FN2O5S. The minimum Gasteiger partial charge on any atom is -0.457 e. The van der Waals surface area contributed by atoms with Gasteiger partial charge in [0.25, 0.3) is 0 Å². The number of ether oxygens (including phenoxy) is 1. The van der Waals surface area contributed by atoms with E-state index in [1.54, 1.807) is 0 Å². The molecule has 9 heteroatoms. The van der Waals surface area contributed by atoms with Crippen molar-refractivity contribution >= 4 is 27.8 Å². The number of hydrogen-bond acceptors (Lipinski definition) is 6. The number of rotatable bonds is 5. The number of benzene rings is 1. The van der Waals surface area contributed by atoms with Crippen LogP contribution in [0.3, 0.4) is 0 Å². The largest absolute Gasteiger partial charge is 0.457 e. The Balaban J connectivity index is 1.82. The maximum Gasteiger partial charge on any atom is 0.309 e. The van der Waals surface area contributed by atoms with E-state index in [9.17, 15) is 22.7 Å². The van der Waals surface area contributed by atoms with E-state index in [1.807, 2.05) is 30.9 Å². The fraction of sp³-hybridized carbons (Fsp3) is 0.593. The van der Waals surface area contributed by atoms with Crippen molar-refractivity contribution in [2.45, 2.75) is 71.1 Å². The first-order valence-corrected chi connectivity index (χ1v) is 14.5. The van der Waals surface area contributed by atoms with Crippen LogP contribution < -0.4 is 9.62 Å². The molecule has 0 spiro atoms. The standard InChI is InChI=1S/C27H39FN2O5S/c1-18-6-5-7-19(2)27(35-26(32)16-25(31)9-8-18)20(3)12-21-13-22(28)15-24(14-21)30-11-10-23(17-30)29-36(4,33)34/h5,7,12-15,18-19,23,25,27,29,31H,6,8-11,16-17H2,1-4H3/b7-5+,20-12+/t18-,19-,23-,25+,27-/m0/s1. The minimum absolute atomic E-state index is 0.0469. The van der Waals surface area contributed by atoms with Gasteiger partial charge in [-0.15, -0.1) is 0 Å². The second-order valence-electron chi connectivity index (χ2n) is 10.4. The number of carbonyl (C=O) groups is 1. The van der Waals surface area contributed by atoms with E-state index >= 15 is 0 Å². The third kappa shape index (κ3) is 8.71. The zero-order chi connectivity index (χ0) is 26.5. The number of halogens is 1. The third-order valence-corrected chi connectivity index (χ3v) is 7.55. The highest BCUT2D eigenvalue weighted by molar-refractivity contribution is 7.88. The summed E-state index contributed by atoms with van der Waals surface area (Å²) in [5.74, 6) is -0.525. The monoisotopic (exact) mass is 522 g/mol. The van der Waals surface area contributed by atoms with Crippen molar-refractivity contribution in [1.82, 2.24) is 4.72 Å². The summed E-state index contributed by atoms with van der Waals surface area (Å²) in [7, 11) is -3.31. The number of aliphatic hydroxyl groups excluding tert-OH is 1. The number of cyclic esters (lactones) is 1. The number of nitrogens with zero attached hydrogens (tertiary/aromatic N) is 1. The lowest BCUT2D eigenvalue weighted by Gasteiger charge is -2.25. The highest BCUT2D eigenvalue weighted by Crippen LogP contribution is 2.27. The van der Waals surface area contributed by atoms with Gasteiger partial charge in [-0.1, -0.05) is 32.1 Å². The molecule has 2 heterocycles. The number of carbonyl (C=O) groups excluding carboxylic acids is 1. The van der Waals surface area contributed by atoms with Gasteiger partial charge in [-0.2, -0.15) is 0 Å². The molecule has 1 aromatic carbocycles. The number of hydrogen-bond donors (Lipinski definition) is 2. The van der Waals surface area contributed by atoms with Crippen LogP contribution in [0.25, 0.3) is 6.08 Å². The third-order valence-electron chi connectivity index (χ3n) is 6.79. The van der Waals surface area contributed by atoms with Crippen LogP contribution in [0.1, 0.15) is 58.4 Å².